The van der Waals surface area contributed by atoms with Crippen molar-refractivity contribution in [2.24, 2.45) is 0 Å². The summed E-state index contributed by atoms with van der Waals surface area (Å²) in [5.74, 6) is -1.60. The maximum atomic E-state index is 13.1. The van der Waals surface area contributed by atoms with Gasteiger partial charge in [0.1, 0.15) is 11.5 Å². The number of hydrogen-bond donors (Lipinski definition) is 1. The molecule has 2 rings (SSSR count). The predicted octanol–water partition coefficient (Wildman–Crippen LogP) is 2.18. The molecule has 92 valence electrons. The highest BCUT2D eigenvalue weighted by molar-refractivity contribution is 5.70. The van der Waals surface area contributed by atoms with Crippen LogP contribution in [0, 0.1) is 29.8 Å². The van der Waals surface area contributed by atoms with Gasteiger partial charge in [0, 0.05) is 5.56 Å². The highest BCUT2D eigenvalue weighted by Gasteiger charge is 2.15. The normalized spacial score (nSPS) is 10.3. The van der Waals surface area contributed by atoms with Crippen molar-refractivity contribution in [1.82, 2.24) is 9.55 Å². The minimum atomic E-state index is -1.53. The van der Waals surface area contributed by atoms with Gasteiger partial charge in [-0.3, -0.25) is 0 Å². The third-order valence-electron chi connectivity index (χ3n) is 2.40. The van der Waals surface area contributed by atoms with Gasteiger partial charge in [-0.05, 0) is 12.1 Å². The molecule has 0 fully saturated rings. The average Bonchev–Trinajstić information content (AvgIpc) is 2.68. The highest BCUT2D eigenvalue weighted by Crippen LogP contribution is 2.27. The zero-order chi connectivity index (χ0) is 13.3. The first kappa shape index (κ1) is 12.0. The molecule has 1 aromatic carbocycles. The minimum Gasteiger partial charge on any atom is -0.383 e. The van der Waals surface area contributed by atoms with Crippen LogP contribution < -0.4 is 5.73 Å². The van der Waals surface area contributed by atoms with Gasteiger partial charge in [-0.1, -0.05) is 5.92 Å². The van der Waals surface area contributed by atoms with Crippen molar-refractivity contribution >= 4 is 5.82 Å². The van der Waals surface area contributed by atoms with Gasteiger partial charge in [0.15, 0.2) is 17.5 Å². The molecule has 0 unspecified atom stereocenters. The summed E-state index contributed by atoms with van der Waals surface area (Å²) in [7, 11) is 0. The maximum Gasteiger partial charge on any atom is 0.194 e. The van der Waals surface area contributed by atoms with Crippen molar-refractivity contribution in [2.45, 2.75) is 6.54 Å². The number of nitrogens with zero attached hydrogens (tertiary/aromatic N) is 2. The molecule has 2 aromatic rings. The first-order chi connectivity index (χ1) is 8.54. The lowest BCUT2D eigenvalue weighted by atomic mass is 10.1. The monoisotopic (exact) mass is 251 g/mol. The zero-order valence-corrected chi connectivity index (χ0v) is 9.12. The van der Waals surface area contributed by atoms with Crippen molar-refractivity contribution in [3.63, 3.8) is 0 Å². The number of nitrogen functional groups attached to an aromatic ring is 1. The first-order valence-electron chi connectivity index (χ1n) is 4.93. The summed E-state index contributed by atoms with van der Waals surface area (Å²) in [6, 6.07) is 1.66. The second-order valence-corrected chi connectivity index (χ2v) is 3.56. The quantitative estimate of drug-likeness (QED) is 0.656. The van der Waals surface area contributed by atoms with Gasteiger partial charge in [-0.15, -0.1) is 6.42 Å². The second kappa shape index (κ2) is 4.45. The Kier molecular flexibility index (Phi) is 2.98. The number of terminal acetylenes is 1. The number of nitrogens with two attached hydrogens (primary N) is 1. The van der Waals surface area contributed by atoms with E-state index in [1.807, 2.05) is 0 Å². The second-order valence-electron chi connectivity index (χ2n) is 3.56. The van der Waals surface area contributed by atoms with E-state index in [0.29, 0.717) is 0 Å². The number of halogens is 3. The van der Waals surface area contributed by atoms with Crippen molar-refractivity contribution in [1.29, 1.82) is 0 Å². The van der Waals surface area contributed by atoms with Crippen LogP contribution in [-0.4, -0.2) is 9.55 Å². The standard InChI is InChI=1S/C12H8F3N3/c1-2-3-18-6-17-11(12(18)16)7-4-8(13)10(15)9(14)5-7/h1,4-6H,3,16H2. The fourth-order valence-electron chi connectivity index (χ4n) is 1.53. The average molecular weight is 251 g/mol. The summed E-state index contributed by atoms with van der Waals surface area (Å²) in [6.45, 7) is 0.186. The highest BCUT2D eigenvalue weighted by atomic mass is 19.2. The summed E-state index contributed by atoms with van der Waals surface area (Å²) in [4.78, 5) is 3.90. The van der Waals surface area contributed by atoms with E-state index in [2.05, 4.69) is 10.9 Å². The Labute approximate surface area is 101 Å². The van der Waals surface area contributed by atoms with E-state index in [9.17, 15) is 13.2 Å². The smallest absolute Gasteiger partial charge is 0.194 e. The number of hydrogen-bond acceptors (Lipinski definition) is 2. The zero-order valence-electron chi connectivity index (χ0n) is 9.12. The topological polar surface area (TPSA) is 43.8 Å². The minimum absolute atomic E-state index is 0.0553. The van der Waals surface area contributed by atoms with Gasteiger partial charge in [0.2, 0.25) is 0 Å². The lowest BCUT2D eigenvalue weighted by Gasteiger charge is -2.03. The first-order valence-corrected chi connectivity index (χ1v) is 4.93. The molecular formula is C12H8F3N3. The molecule has 0 saturated carbocycles. The molecule has 0 aliphatic carbocycles. The van der Waals surface area contributed by atoms with E-state index >= 15 is 0 Å². The van der Waals surface area contributed by atoms with Crippen LogP contribution in [0.15, 0.2) is 18.5 Å². The molecule has 0 aliphatic heterocycles. The Morgan fingerprint density at radius 1 is 1.28 bits per heavy atom. The maximum absolute atomic E-state index is 13.1. The van der Waals surface area contributed by atoms with Crippen molar-refractivity contribution in [3.05, 3.63) is 35.9 Å². The summed E-state index contributed by atoms with van der Waals surface area (Å²) in [6.07, 6.45) is 6.47. The number of anilines is 1. The van der Waals surface area contributed by atoms with E-state index in [0.717, 1.165) is 12.1 Å². The molecule has 0 aliphatic rings. The van der Waals surface area contributed by atoms with E-state index in [1.54, 1.807) is 0 Å². The molecule has 1 heterocycles. The van der Waals surface area contributed by atoms with E-state index in [4.69, 9.17) is 12.2 Å². The van der Waals surface area contributed by atoms with Crippen LogP contribution in [0.5, 0.6) is 0 Å². The SMILES string of the molecule is C#CCn1cnc(-c2cc(F)c(F)c(F)c2)c1N. The number of rotatable bonds is 2. The Morgan fingerprint density at radius 3 is 2.44 bits per heavy atom. The lowest BCUT2D eigenvalue weighted by Crippen LogP contribution is -2.01. The number of benzene rings is 1. The van der Waals surface area contributed by atoms with Crippen LogP contribution in [0.25, 0.3) is 11.3 Å². The van der Waals surface area contributed by atoms with Crippen LogP contribution in [0.1, 0.15) is 0 Å². The number of imidazole rings is 1. The van der Waals surface area contributed by atoms with Gasteiger partial charge in [-0.2, -0.15) is 0 Å². The molecule has 0 bridgehead atoms. The van der Waals surface area contributed by atoms with E-state index < -0.39 is 17.5 Å². The van der Waals surface area contributed by atoms with Crippen molar-refractivity contribution < 1.29 is 13.2 Å². The molecular weight excluding hydrogens is 243 g/mol. The van der Waals surface area contributed by atoms with Crippen LogP contribution >= 0.6 is 0 Å². The van der Waals surface area contributed by atoms with Crippen molar-refractivity contribution in [2.75, 3.05) is 5.73 Å². The number of aromatic nitrogens is 2. The van der Waals surface area contributed by atoms with E-state index in [1.165, 1.54) is 10.9 Å². The van der Waals surface area contributed by atoms with Gasteiger partial charge in [0.05, 0.1) is 12.9 Å². The molecule has 0 amide bonds. The predicted molar refractivity (Wildman–Crippen MR) is 60.8 cm³/mol. The molecule has 0 radical (unpaired) electrons. The molecule has 6 heteroatoms. The molecule has 0 atom stereocenters. The largest absolute Gasteiger partial charge is 0.383 e. The van der Waals surface area contributed by atoms with Crippen LogP contribution in [0.4, 0.5) is 19.0 Å². The summed E-state index contributed by atoms with van der Waals surface area (Å²) in [5, 5.41) is 0. The van der Waals surface area contributed by atoms with Gasteiger partial charge in [0.25, 0.3) is 0 Å². The fraction of sp³-hybridized carbons (Fsp3) is 0.0833. The van der Waals surface area contributed by atoms with Crippen LogP contribution in [0.2, 0.25) is 0 Å². The van der Waals surface area contributed by atoms with Gasteiger partial charge >= 0.3 is 0 Å². The molecule has 1 aromatic heterocycles. The lowest BCUT2D eigenvalue weighted by molar-refractivity contribution is 0.447. The summed E-state index contributed by atoms with van der Waals surface area (Å²) >= 11 is 0. The molecule has 18 heavy (non-hydrogen) atoms. The van der Waals surface area contributed by atoms with Crippen LogP contribution in [-0.2, 0) is 6.54 Å². The fourth-order valence-corrected chi connectivity index (χ4v) is 1.53. The Balaban J connectivity index is 2.53. The molecule has 3 nitrogen and oxygen atoms in total. The van der Waals surface area contributed by atoms with Gasteiger partial charge < -0.3 is 10.3 Å². The molecule has 0 saturated heterocycles. The van der Waals surface area contributed by atoms with Crippen LogP contribution in [0.3, 0.4) is 0 Å². The van der Waals surface area contributed by atoms with Gasteiger partial charge in [-0.25, -0.2) is 18.2 Å². The molecule has 2 N–H and O–H groups in total. The summed E-state index contributed by atoms with van der Waals surface area (Å²) in [5.41, 5.74) is 5.94. The molecule has 0 spiro atoms. The summed E-state index contributed by atoms with van der Waals surface area (Å²) < 4.78 is 40.4. The van der Waals surface area contributed by atoms with E-state index in [-0.39, 0.29) is 23.6 Å². The Morgan fingerprint density at radius 2 is 1.89 bits per heavy atom. The third-order valence-corrected chi connectivity index (χ3v) is 2.40. The van der Waals surface area contributed by atoms with Crippen molar-refractivity contribution in [3.8, 4) is 23.6 Å². The Hall–Kier alpha value is -2.42. The third kappa shape index (κ3) is 1.91. The Bertz CT molecular complexity index is 617.